The minimum atomic E-state index is -4.10. The molecular weight excluding hydrogens is 376 g/mol. The predicted molar refractivity (Wildman–Crippen MR) is 99.8 cm³/mol. The normalized spacial score (nSPS) is 11.3. The summed E-state index contributed by atoms with van der Waals surface area (Å²) in [6.45, 7) is 3.78. The van der Waals surface area contributed by atoms with E-state index in [1.54, 1.807) is 18.2 Å². The van der Waals surface area contributed by atoms with Crippen LogP contribution in [0.25, 0.3) is 11.0 Å². The SMILES string of the molecule is Cc1cc(C)c2ccc(NC(=O)NS(=O)(=O)c3ccccc3Cl)nc2n1. The lowest BCUT2D eigenvalue weighted by molar-refractivity contribution is 0.256. The molecule has 134 valence electrons. The number of sulfonamides is 1. The Morgan fingerprint density at radius 2 is 1.81 bits per heavy atom. The number of carbonyl (C=O) groups excluding carboxylic acids is 1. The van der Waals surface area contributed by atoms with Gasteiger partial charge in [-0.25, -0.2) is 27.9 Å². The van der Waals surface area contributed by atoms with E-state index in [9.17, 15) is 13.2 Å². The molecule has 0 saturated carbocycles. The monoisotopic (exact) mass is 390 g/mol. The Balaban J connectivity index is 1.82. The number of amides is 2. The van der Waals surface area contributed by atoms with Crippen molar-refractivity contribution >= 4 is 44.5 Å². The lowest BCUT2D eigenvalue weighted by Crippen LogP contribution is -2.34. The molecule has 0 aliphatic rings. The summed E-state index contributed by atoms with van der Waals surface area (Å²) in [5.74, 6) is 0.182. The second-order valence-corrected chi connectivity index (χ2v) is 7.70. The summed E-state index contributed by atoms with van der Waals surface area (Å²) >= 11 is 5.88. The third-order valence-electron chi connectivity index (χ3n) is 3.60. The smallest absolute Gasteiger partial charge is 0.291 e. The van der Waals surface area contributed by atoms with E-state index in [0.717, 1.165) is 16.6 Å². The van der Waals surface area contributed by atoms with Gasteiger partial charge in [-0.3, -0.25) is 5.32 Å². The highest BCUT2D eigenvalue weighted by Crippen LogP contribution is 2.21. The summed E-state index contributed by atoms with van der Waals surface area (Å²) in [5.41, 5.74) is 2.27. The summed E-state index contributed by atoms with van der Waals surface area (Å²) in [4.78, 5) is 20.5. The number of pyridine rings is 2. The summed E-state index contributed by atoms with van der Waals surface area (Å²) in [6, 6.07) is 10.2. The second-order valence-electron chi connectivity index (χ2n) is 5.64. The number of halogens is 1. The molecule has 0 spiro atoms. The average Bonchev–Trinajstić information content (AvgIpc) is 2.53. The fraction of sp³-hybridized carbons (Fsp3) is 0.118. The molecule has 0 unspecified atom stereocenters. The first-order valence-corrected chi connectivity index (χ1v) is 9.46. The number of hydrogen-bond donors (Lipinski definition) is 2. The number of nitrogens with one attached hydrogen (secondary N) is 2. The molecule has 2 amide bonds. The summed E-state index contributed by atoms with van der Waals surface area (Å²) in [5, 5.41) is 3.27. The molecule has 0 bridgehead atoms. The standard InChI is InChI=1S/C17H15ClN4O3S/c1-10-9-11(2)19-16-12(10)7-8-15(20-16)21-17(23)22-26(24,25)14-6-4-3-5-13(14)18/h3-9H,1-2H3,(H2,19,20,21,22,23). The molecule has 2 aromatic heterocycles. The van der Waals surface area contributed by atoms with Gasteiger partial charge in [-0.15, -0.1) is 0 Å². The number of urea groups is 1. The van der Waals surface area contributed by atoms with E-state index in [-0.39, 0.29) is 15.7 Å². The van der Waals surface area contributed by atoms with Crippen molar-refractivity contribution in [3.05, 3.63) is 58.7 Å². The third-order valence-corrected chi connectivity index (χ3v) is 5.43. The first kappa shape index (κ1) is 18.1. The van der Waals surface area contributed by atoms with Crippen LogP contribution in [-0.2, 0) is 10.0 Å². The Morgan fingerprint density at radius 3 is 2.54 bits per heavy atom. The van der Waals surface area contributed by atoms with Crippen LogP contribution in [0.4, 0.5) is 10.6 Å². The van der Waals surface area contributed by atoms with Crippen LogP contribution in [0, 0.1) is 13.8 Å². The van der Waals surface area contributed by atoms with Crippen LogP contribution in [0.2, 0.25) is 5.02 Å². The fourth-order valence-corrected chi connectivity index (χ4v) is 3.91. The lowest BCUT2D eigenvalue weighted by atomic mass is 10.1. The van der Waals surface area contributed by atoms with Crippen LogP contribution in [-0.4, -0.2) is 24.4 Å². The van der Waals surface area contributed by atoms with E-state index < -0.39 is 16.1 Å². The van der Waals surface area contributed by atoms with E-state index in [1.165, 1.54) is 18.2 Å². The van der Waals surface area contributed by atoms with Crippen molar-refractivity contribution in [2.24, 2.45) is 0 Å². The van der Waals surface area contributed by atoms with Crippen LogP contribution in [0.15, 0.2) is 47.4 Å². The maximum atomic E-state index is 12.3. The molecular formula is C17H15ClN4O3S. The number of fused-ring (bicyclic) bond motifs is 1. The van der Waals surface area contributed by atoms with Crippen molar-refractivity contribution in [1.82, 2.24) is 14.7 Å². The molecule has 3 rings (SSSR count). The van der Waals surface area contributed by atoms with Crippen molar-refractivity contribution in [2.45, 2.75) is 18.7 Å². The maximum absolute atomic E-state index is 12.3. The first-order valence-electron chi connectivity index (χ1n) is 7.59. The molecule has 0 saturated heterocycles. The molecule has 0 atom stereocenters. The number of rotatable bonds is 3. The van der Waals surface area contributed by atoms with Gasteiger partial charge in [0, 0.05) is 11.1 Å². The third kappa shape index (κ3) is 3.76. The number of aryl methyl sites for hydroxylation is 2. The maximum Gasteiger partial charge on any atom is 0.334 e. The quantitative estimate of drug-likeness (QED) is 0.713. The average molecular weight is 391 g/mol. The van der Waals surface area contributed by atoms with E-state index in [1.807, 2.05) is 24.6 Å². The Kier molecular flexibility index (Phi) is 4.80. The Bertz CT molecular complexity index is 1120. The van der Waals surface area contributed by atoms with Gasteiger partial charge in [0.2, 0.25) is 0 Å². The molecule has 0 radical (unpaired) electrons. The van der Waals surface area contributed by atoms with E-state index in [4.69, 9.17) is 11.6 Å². The van der Waals surface area contributed by atoms with Gasteiger partial charge in [0.05, 0.1) is 5.02 Å². The van der Waals surface area contributed by atoms with Crippen LogP contribution in [0.3, 0.4) is 0 Å². The van der Waals surface area contributed by atoms with Gasteiger partial charge in [0.15, 0.2) is 5.65 Å². The van der Waals surface area contributed by atoms with Crippen molar-refractivity contribution in [3.63, 3.8) is 0 Å². The van der Waals surface area contributed by atoms with E-state index in [0.29, 0.717) is 5.65 Å². The highest BCUT2D eigenvalue weighted by molar-refractivity contribution is 7.90. The van der Waals surface area contributed by atoms with E-state index >= 15 is 0 Å². The van der Waals surface area contributed by atoms with Crippen molar-refractivity contribution in [3.8, 4) is 0 Å². The number of anilines is 1. The molecule has 2 N–H and O–H groups in total. The number of aromatic nitrogens is 2. The van der Waals surface area contributed by atoms with E-state index in [2.05, 4.69) is 15.3 Å². The molecule has 0 fully saturated rings. The minimum absolute atomic E-state index is 0.0202. The Morgan fingerprint density at radius 1 is 1.08 bits per heavy atom. The van der Waals surface area contributed by atoms with Gasteiger partial charge in [-0.05, 0) is 49.7 Å². The van der Waals surface area contributed by atoms with Crippen LogP contribution in [0.1, 0.15) is 11.3 Å². The van der Waals surface area contributed by atoms with Crippen LogP contribution in [0.5, 0.6) is 0 Å². The highest BCUT2D eigenvalue weighted by Gasteiger charge is 2.20. The fourth-order valence-electron chi connectivity index (χ4n) is 2.48. The van der Waals surface area contributed by atoms with Crippen molar-refractivity contribution < 1.29 is 13.2 Å². The number of nitrogens with zero attached hydrogens (tertiary/aromatic N) is 2. The van der Waals surface area contributed by atoms with Gasteiger partial charge in [-0.2, -0.15) is 0 Å². The summed E-state index contributed by atoms with van der Waals surface area (Å²) in [7, 11) is -4.10. The van der Waals surface area contributed by atoms with Gasteiger partial charge >= 0.3 is 6.03 Å². The number of carbonyl (C=O) groups is 1. The van der Waals surface area contributed by atoms with Crippen LogP contribution < -0.4 is 10.0 Å². The predicted octanol–water partition coefficient (Wildman–Crippen LogP) is 3.41. The summed E-state index contributed by atoms with van der Waals surface area (Å²) < 4.78 is 26.4. The van der Waals surface area contributed by atoms with Crippen molar-refractivity contribution in [1.29, 1.82) is 0 Å². The van der Waals surface area contributed by atoms with Crippen molar-refractivity contribution in [2.75, 3.05) is 5.32 Å². The topological polar surface area (TPSA) is 101 Å². The molecule has 1 aromatic carbocycles. The molecule has 9 heteroatoms. The molecule has 3 aromatic rings. The lowest BCUT2D eigenvalue weighted by Gasteiger charge is -2.10. The highest BCUT2D eigenvalue weighted by atomic mass is 35.5. The van der Waals surface area contributed by atoms with Gasteiger partial charge in [0.25, 0.3) is 10.0 Å². The molecule has 0 aliphatic carbocycles. The second kappa shape index (κ2) is 6.89. The molecule has 26 heavy (non-hydrogen) atoms. The zero-order valence-electron chi connectivity index (χ0n) is 13.9. The molecule has 0 aliphatic heterocycles. The van der Waals surface area contributed by atoms with Gasteiger partial charge < -0.3 is 0 Å². The van der Waals surface area contributed by atoms with Crippen LogP contribution >= 0.6 is 11.6 Å². The first-order chi connectivity index (χ1) is 12.3. The number of hydrogen-bond acceptors (Lipinski definition) is 5. The zero-order chi connectivity index (χ0) is 18.9. The van der Waals surface area contributed by atoms with Gasteiger partial charge in [-0.1, -0.05) is 23.7 Å². The number of benzene rings is 1. The zero-order valence-corrected chi connectivity index (χ0v) is 15.5. The summed E-state index contributed by atoms with van der Waals surface area (Å²) in [6.07, 6.45) is 0. The Labute approximate surface area is 155 Å². The van der Waals surface area contributed by atoms with Gasteiger partial charge in [0.1, 0.15) is 10.7 Å². The largest absolute Gasteiger partial charge is 0.334 e. The molecule has 7 nitrogen and oxygen atoms in total. The molecule has 2 heterocycles. The minimum Gasteiger partial charge on any atom is -0.291 e. The Hall–Kier alpha value is -2.71.